The zero-order valence-corrected chi connectivity index (χ0v) is 17.8. The average molecular weight is 430 g/mol. The number of methoxy groups -OCH3 is 1. The summed E-state index contributed by atoms with van der Waals surface area (Å²) in [5.41, 5.74) is 3.09. The summed E-state index contributed by atoms with van der Waals surface area (Å²) in [6.45, 7) is 2.34. The Morgan fingerprint density at radius 1 is 1.12 bits per heavy atom. The molecule has 0 saturated heterocycles. The highest BCUT2D eigenvalue weighted by Gasteiger charge is 2.30. The molecule has 0 atom stereocenters. The van der Waals surface area contributed by atoms with Crippen molar-refractivity contribution in [1.82, 2.24) is 18.7 Å². The molecule has 2 aromatic carbocycles. The Hall–Kier alpha value is -3.94. The van der Waals surface area contributed by atoms with Crippen LogP contribution in [0.5, 0.6) is 0 Å². The maximum absolute atomic E-state index is 13.4. The van der Waals surface area contributed by atoms with Crippen molar-refractivity contribution >= 4 is 17.1 Å². The van der Waals surface area contributed by atoms with Crippen LogP contribution in [0.1, 0.15) is 40.4 Å². The molecule has 1 fully saturated rings. The van der Waals surface area contributed by atoms with Crippen LogP contribution in [-0.4, -0.2) is 31.8 Å². The van der Waals surface area contributed by atoms with E-state index in [2.05, 4.69) is 4.98 Å². The molecule has 8 heteroatoms. The Morgan fingerprint density at radius 3 is 2.53 bits per heavy atom. The van der Waals surface area contributed by atoms with Crippen molar-refractivity contribution in [3.8, 4) is 5.69 Å². The van der Waals surface area contributed by atoms with E-state index in [1.165, 1.54) is 16.2 Å². The standard InChI is InChI=1S/C24H22N4O4/c1-15-4-3-5-19(12-15)27-21-20(22(29)28(24(27)31)18-10-11-18)26(14-25-21)13-16-6-8-17(9-7-16)23(30)32-2/h3-9,12,14,18H,10-11,13H2,1-2H3. The number of imidazole rings is 1. The summed E-state index contributed by atoms with van der Waals surface area (Å²) in [5, 5.41) is 0. The minimum Gasteiger partial charge on any atom is -0.465 e. The van der Waals surface area contributed by atoms with Crippen molar-refractivity contribution in [3.63, 3.8) is 0 Å². The molecule has 0 unspecified atom stereocenters. The van der Waals surface area contributed by atoms with Gasteiger partial charge in [-0.05, 0) is 55.2 Å². The van der Waals surface area contributed by atoms with Gasteiger partial charge in [-0.3, -0.25) is 9.36 Å². The maximum Gasteiger partial charge on any atom is 0.337 e. The highest BCUT2D eigenvalue weighted by Crippen LogP contribution is 2.32. The number of aryl methyl sites for hydroxylation is 1. The van der Waals surface area contributed by atoms with Gasteiger partial charge in [-0.1, -0.05) is 24.3 Å². The molecule has 0 spiro atoms. The van der Waals surface area contributed by atoms with Crippen molar-refractivity contribution in [2.75, 3.05) is 7.11 Å². The SMILES string of the molecule is COC(=O)c1ccc(Cn2cnc3c2c(=O)n(C2CC2)c(=O)n3-c2cccc(C)c2)cc1. The van der Waals surface area contributed by atoms with Crippen molar-refractivity contribution < 1.29 is 9.53 Å². The highest BCUT2D eigenvalue weighted by atomic mass is 16.5. The fourth-order valence-electron chi connectivity index (χ4n) is 3.99. The lowest BCUT2D eigenvalue weighted by Gasteiger charge is -2.13. The van der Waals surface area contributed by atoms with Crippen LogP contribution in [0, 0.1) is 6.92 Å². The number of esters is 1. The fraction of sp³-hybridized carbons (Fsp3) is 0.250. The lowest BCUT2D eigenvalue weighted by Crippen LogP contribution is -2.39. The van der Waals surface area contributed by atoms with Gasteiger partial charge in [-0.25, -0.2) is 19.1 Å². The number of aromatic nitrogens is 4. The number of hydrogen-bond donors (Lipinski definition) is 0. The smallest absolute Gasteiger partial charge is 0.337 e. The molecule has 0 N–H and O–H groups in total. The van der Waals surface area contributed by atoms with E-state index < -0.39 is 5.97 Å². The van der Waals surface area contributed by atoms with Crippen LogP contribution < -0.4 is 11.2 Å². The Kier molecular flexibility index (Phi) is 4.77. The van der Waals surface area contributed by atoms with Gasteiger partial charge in [0.05, 0.1) is 24.7 Å². The molecule has 0 bridgehead atoms. The molecule has 32 heavy (non-hydrogen) atoms. The molecular weight excluding hydrogens is 408 g/mol. The van der Waals surface area contributed by atoms with Crippen LogP contribution in [0.2, 0.25) is 0 Å². The van der Waals surface area contributed by atoms with E-state index in [-0.39, 0.29) is 17.3 Å². The summed E-state index contributed by atoms with van der Waals surface area (Å²) in [6.07, 6.45) is 3.22. The maximum atomic E-state index is 13.4. The molecule has 1 saturated carbocycles. The molecule has 0 radical (unpaired) electrons. The largest absolute Gasteiger partial charge is 0.465 e. The Labute approximate surface area is 183 Å². The van der Waals surface area contributed by atoms with Gasteiger partial charge in [0.15, 0.2) is 11.2 Å². The number of benzene rings is 2. The van der Waals surface area contributed by atoms with Crippen LogP contribution in [0.15, 0.2) is 64.4 Å². The molecule has 0 amide bonds. The van der Waals surface area contributed by atoms with E-state index in [0.717, 1.165) is 24.0 Å². The number of rotatable bonds is 5. The second-order valence-corrected chi connectivity index (χ2v) is 8.10. The zero-order chi connectivity index (χ0) is 22.4. The molecule has 0 aliphatic heterocycles. The van der Waals surface area contributed by atoms with E-state index in [0.29, 0.717) is 29.0 Å². The van der Waals surface area contributed by atoms with Crippen molar-refractivity contribution in [2.24, 2.45) is 0 Å². The Morgan fingerprint density at radius 2 is 1.88 bits per heavy atom. The minimum absolute atomic E-state index is 0.0712. The van der Waals surface area contributed by atoms with Gasteiger partial charge in [-0.15, -0.1) is 0 Å². The molecular formula is C24H22N4O4. The van der Waals surface area contributed by atoms with E-state index in [9.17, 15) is 14.4 Å². The molecule has 4 aromatic rings. The summed E-state index contributed by atoms with van der Waals surface area (Å²) >= 11 is 0. The van der Waals surface area contributed by atoms with Crippen LogP contribution >= 0.6 is 0 Å². The molecule has 5 rings (SSSR count). The third kappa shape index (κ3) is 3.33. The van der Waals surface area contributed by atoms with Gasteiger partial charge in [0.2, 0.25) is 0 Å². The Bertz CT molecular complexity index is 1460. The summed E-state index contributed by atoms with van der Waals surface area (Å²) in [6, 6.07) is 14.5. The number of fused-ring (bicyclic) bond motifs is 1. The molecule has 8 nitrogen and oxygen atoms in total. The fourth-order valence-corrected chi connectivity index (χ4v) is 3.99. The van der Waals surface area contributed by atoms with Crippen LogP contribution in [0.25, 0.3) is 16.9 Å². The van der Waals surface area contributed by atoms with E-state index >= 15 is 0 Å². The van der Waals surface area contributed by atoms with Gasteiger partial charge in [0.25, 0.3) is 5.56 Å². The average Bonchev–Trinajstić information content (AvgIpc) is 3.54. The van der Waals surface area contributed by atoms with Crippen molar-refractivity contribution in [2.45, 2.75) is 32.4 Å². The van der Waals surface area contributed by atoms with E-state index in [1.807, 2.05) is 43.3 Å². The van der Waals surface area contributed by atoms with Gasteiger partial charge in [0, 0.05) is 12.6 Å². The summed E-state index contributed by atoms with van der Waals surface area (Å²) in [4.78, 5) is 42.8. The second kappa shape index (κ2) is 7.64. The highest BCUT2D eigenvalue weighted by molar-refractivity contribution is 5.89. The molecule has 2 heterocycles. The van der Waals surface area contributed by atoms with Gasteiger partial charge in [-0.2, -0.15) is 0 Å². The first-order chi connectivity index (χ1) is 15.5. The summed E-state index contributed by atoms with van der Waals surface area (Å²) in [7, 11) is 1.34. The topological polar surface area (TPSA) is 88.1 Å². The lowest BCUT2D eigenvalue weighted by molar-refractivity contribution is 0.0600. The zero-order valence-electron chi connectivity index (χ0n) is 17.8. The first-order valence-corrected chi connectivity index (χ1v) is 10.4. The number of carbonyl (C=O) groups excluding carboxylic acids is 1. The van der Waals surface area contributed by atoms with Crippen LogP contribution in [0.3, 0.4) is 0 Å². The number of hydrogen-bond acceptors (Lipinski definition) is 5. The monoisotopic (exact) mass is 430 g/mol. The predicted molar refractivity (Wildman–Crippen MR) is 119 cm³/mol. The molecule has 1 aliphatic carbocycles. The van der Waals surface area contributed by atoms with Crippen LogP contribution in [-0.2, 0) is 11.3 Å². The molecule has 162 valence electrons. The minimum atomic E-state index is -0.404. The number of nitrogens with zero attached hydrogens (tertiary/aromatic N) is 4. The first kappa shape index (κ1) is 20.0. The van der Waals surface area contributed by atoms with Gasteiger partial charge < -0.3 is 9.30 Å². The predicted octanol–water partition coefficient (Wildman–Crippen LogP) is 2.83. The lowest BCUT2D eigenvalue weighted by atomic mass is 10.1. The normalized spacial score (nSPS) is 13.4. The summed E-state index contributed by atoms with van der Waals surface area (Å²) in [5.74, 6) is -0.404. The van der Waals surface area contributed by atoms with Gasteiger partial charge in [0.1, 0.15) is 0 Å². The third-order valence-electron chi connectivity index (χ3n) is 5.75. The van der Waals surface area contributed by atoms with Crippen molar-refractivity contribution in [3.05, 3.63) is 92.4 Å². The number of ether oxygens (including phenoxy) is 1. The van der Waals surface area contributed by atoms with E-state index in [4.69, 9.17) is 4.74 Å². The molecule has 2 aromatic heterocycles. The van der Waals surface area contributed by atoms with Gasteiger partial charge >= 0.3 is 11.7 Å². The summed E-state index contributed by atoms with van der Waals surface area (Å²) < 4.78 is 9.39. The number of carbonyl (C=O) groups is 1. The van der Waals surface area contributed by atoms with E-state index in [1.54, 1.807) is 23.0 Å². The van der Waals surface area contributed by atoms with Crippen LogP contribution in [0.4, 0.5) is 0 Å². The third-order valence-corrected chi connectivity index (χ3v) is 5.75. The second-order valence-electron chi connectivity index (χ2n) is 8.10. The first-order valence-electron chi connectivity index (χ1n) is 10.4. The Balaban J connectivity index is 1.67. The van der Waals surface area contributed by atoms with Crippen molar-refractivity contribution in [1.29, 1.82) is 0 Å². The quantitative estimate of drug-likeness (QED) is 0.455. The molecule has 1 aliphatic rings.